The van der Waals surface area contributed by atoms with Gasteiger partial charge in [0, 0.05) is 49.1 Å². The number of rotatable bonds is 9. The molecule has 3 rings (SSSR count). The standard InChI is InChI=1S/C27H41N5O2/c1-17(2)15-34-16-23-21(7)29-26(22-12-19(5)8-9-20(22)6)30-27(23)32-11-10-31(14-25(28)33)24(13-32)18(3)4/h8-9,12,17-18,24H,10-11,13-16H2,1-7H3,(H2,28,33)/t24-/m1/s1. The molecule has 1 aromatic heterocycles. The lowest BCUT2D eigenvalue weighted by Crippen LogP contribution is -2.57. The maximum Gasteiger partial charge on any atom is 0.231 e. The van der Waals surface area contributed by atoms with Gasteiger partial charge in [0.2, 0.25) is 5.91 Å². The van der Waals surface area contributed by atoms with E-state index in [0.29, 0.717) is 25.0 Å². The van der Waals surface area contributed by atoms with Crippen molar-refractivity contribution in [1.29, 1.82) is 0 Å². The minimum absolute atomic E-state index is 0.213. The lowest BCUT2D eigenvalue weighted by atomic mass is 9.99. The summed E-state index contributed by atoms with van der Waals surface area (Å²) in [4.78, 5) is 26.3. The normalized spacial score (nSPS) is 17.1. The van der Waals surface area contributed by atoms with Crippen molar-refractivity contribution in [3.63, 3.8) is 0 Å². The Bertz CT molecular complexity index is 1000. The summed E-state index contributed by atoms with van der Waals surface area (Å²) >= 11 is 0. The average molecular weight is 468 g/mol. The second kappa shape index (κ2) is 11.3. The first kappa shape index (κ1) is 26.1. The van der Waals surface area contributed by atoms with Gasteiger partial charge in [-0.15, -0.1) is 0 Å². The summed E-state index contributed by atoms with van der Waals surface area (Å²) in [6, 6.07) is 6.61. The highest BCUT2D eigenvalue weighted by atomic mass is 16.5. The van der Waals surface area contributed by atoms with E-state index in [2.05, 4.69) is 76.5 Å². The Morgan fingerprint density at radius 3 is 2.53 bits per heavy atom. The molecule has 0 spiro atoms. The second-order valence-electron chi connectivity index (χ2n) is 10.4. The molecule has 1 aliphatic rings. The number of carbonyl (C=O) groups excluding carboxylic acids is 1. The van der Waals surface area contributed by atoms with E-state index in [1.165, 1.54) is 5.56 Å². The van der Waals surface area contributed by atoms with Crippen LogP contribution in [0.2, 0.25) is 0 Å². The maximum absolute atomic E-state index is 11.6. The highest BCUT2D eigenvalue weighted by Gasteiger charge is 2.32. The Balaban J connectivity index is 2.02. The van der Waals surface area contributed by atoms with Crippen molar-refractivity contribution < 1.29 is 9.53 Å². The molecule has 0 saturated carbocycles. The Labute approximate surface area is 204 Å². The van der Waals surface area contributed by atoms with Gasteiger partial charge in [-0.1, -0.05) is 45.4 Å². The number of aromatic nitrogens is 2. The van der Waals surface area contributed by atoms with E-state index in [-0.39, 0.29) is 18.5 Å². The summed E-state index contributed by atoms with van der Waals surface area (Å²) in [5, 5.41) is 0. The molecule has 7 nitrogen and oxygen atoms in total. The van der Waals surface area contributed by atoms with E-state index in [1.807, 2.05) is 0 Å². The first-order valence-electron chi connectivity index (χ1n) is 12.4. The van der Waals surface area contributed by atoms with Gasteiger partial charge in [0.25, 0.3) is 0 Å². The number of nitrogens with zero attached hydrogens (tertiary/aromatic N) is 4. The Kier molecular flexibility index (Phi) is 8.66. The smallest absolute Gasteiger partial charge is 0.231 e. The third-order valence-electron chi connectivity index (χ3n) is 6.49. The molecule has 2 N–H and O–H groups in total. The number of aryl methyl sites for hydroxylation is 3. The SMILES string of the molecule is Cc1ccc(C)c(-c2nc(C)c(COCC(C)C)c(N3CCN(CC(N)=O)[C@@H](C(C)C)C3)n2)c1. The zero-order chi connectivity index (χ0) is 25.0. The second-order valence-corrected chi connectivity index (χ2v) is 10.4. The van der Waals surface area contributed by atoms with Crippen LogP contribution in [0, 0.1) is 32.6 Å². The highest BCUT2D eigenvalue weighted by Crippen LogP contribution is 2.30. The molecule has 0 aliphatic carbocycles. The third-order valence-corrected chi connectivity index (χ3v) is 6.49. The van der Waals surface area contributed by atoms with Crippen molar-refractivity contribution in [2.45, 2.75) is 61.1 Å². The van der Waals surface area contributed by atoms with Crippen LogP contribution < -0.4 is 10.6 Å². The third kappa shape index (κ3) is 6.33. The topological polar surface area (TPSA) is 84.6 Å². The molecule has 1 fully saturated rings. The summed E-state index contributed by atoms with van der Waals surface area (Å²) in [7, 11) is 0. The van der Waals surface area contributed by atoms with E-state index in [9.17, 15) is 4.79 Å². The number of benzene rings is 1. The summed E-state index contributed by atoms with van der Waals surface area (Å²) in [6.45, 7) is 18.7. The van der Waals surface area contributed by atoms with Gasteiger partial charge in [-0.25, -0.2) is 9.97 Å². The molecule has 1 saturated heterocycles. The molecule has 2 heterocycles. The summed E-state index contributed by atoms with van der Waals surface area (Å²) in [5.41, 5.74) is 10.9. The molecule has 0 radical (unpaired) electrons. The van der Waals surface area contributed by atoms with E-state index in [0.717, 1.165) is 53.7 Å². The minimum Gasteiger partial charge on any atom is -0.376 e. The van der Waals surface area contributed by atoms with Gasteiger partial charge in [0.15, 0.2) is 5.82 Å². The monoisotopic (exact) mass is 467 g/mol. The first-order chi connectivity index (χ1) is 16.1. The molecule has 34 heavy (non-hydrogen) atoms. The number of hydrogen-bond acceptors (Lipinski definition) is 6. The summed E-state index contributed by atoms with van der Waals surface area (Å²) < 4.78 is 6.05. The molecular weight excluding hydrogens is 426 g/mol. The van der Waals surface area contributed by atoms with Crippen LogP contribution in [0.1, 0.15) is 50.1 Å². The Hall–Kier alpha value is -2.51. The van der Waals surface area contributed by atoms with Crippen molar-refractivity contribution >= 4 is 11.7 Å². The molecule has 1 aliphatic heterocycles. The lowest BCUT2D eigenvalue weighted by molar-refractivity contribution is -0.120. The van der Waals surface area contributed by atoms with Crippen LogP contribution in [0.25, 0.3) is 11.4 Å². The number of hydrogen-bond donors (Lipinski definition) is 1. The number of amides is 1. The van der Waals surface area contributed by atoms with E-state index < -0.39 is 0 Å². The van der Waals surface area contributed by atoms with Crippen molar-refractivity contribution in [2.75, 3.05) is 37.7 Å². The molecule has 0 bridgehead atoms. The van der Waals surface area contributed by atoms with Crippen LogP contribution in [0.4, 0.5) is 5.82 Å². The molecule has 1 aromatic carbocycles. The molecular formula is C27H41N5O2. The van der Waals surface area contributed by atoms with Crippen LogP contribution in [0.3, 0.4) is 0 Å². The van der Waals surface area contributed by atoms with Crippen molar-refractivity contribution in [3.8, 4) is 11.4 Å². The molecule has 1 amide bonds. The number of nitrogens with two attached hydrogens (primary N) is 1. The number of piperazine rings is 1. The van der Waals surface area contributed by atoms with Gasteiger partial charge >= 0.3 is 0 Å². The quantitative estimate of drug-likeness (QED) is 0.603. The number of carbonyl (C=O) groups is 1. The van der Waals surface area contributed by atoms with Crippen LogP contribution in [0.5, 0.6) is 0 Å². The number of ether oxygens (including phenoxy) is 1. The van der Waals surface area contributed by atoms with Crippen LogP contribution in [-0.2, 0) is 16.1 Å². The fourth-order valence-corrected chi connectivity index (χ4v) is 4.57. The molecule has 0 unspecified atom stereocenters. The van der Waals surface area contributed by atoms with Crippen LogP contribution >= 0.6 is 0 Å². The first-order valence-corrected chi connectivity index (χ1v) is 12.4. The van der Waals surface area contributed by atoms with Gasteiger partial charge in [0.1, 0.15) is 5.82 Å². The molecule has 2 aromatic rings. The van der Waals surface area contributed by atoms with Crippen LogP contribution in [0.15, 0.2) is 18.2 Å². The number of primary amides is 1. The fraction of sp³-hybridized carbons (Fsp3) is 0.593. The maximum atomic E-state index is 11.6. The zero-order valence-corrected chi connectivity index (χ0v) is 21.9. The van der Waals surface area contributed by atoms with Crippen molar-refractivity contribution in [1.82, 2.24) is 14.9 Å². The number of anilines is 1. The van der Waals surface area contributed by atoms with E-state index in [4.69, 9.17) is 20.4 Å². The average Bonchev–Trinajstić information content (AvgIpc) is 2.75. The lowest BCUT2D eigenvalue weighted by Gasteiger charge is -2.44. The molecule has 186 valence electrons. The van der Waals surface area contributed by atoms with Gasteiger partial charge in [-0.2, -0.15) is 0 Å². The largest absolute Gasteiger partial charge is 0.376 e. The van der Waals surface area contributed by atoms with Gasteiger partial charge in [-0.05, 0) is 44.2 Å². The van der Waals surface area contributed by atoms with Crippen molar-refractivity contribution in [3.05, 3.63) is 40.6 Å². The highest BCUT2D eigenvalue weighted by molar-refractivity contribution is 5.76. The summed E-state index contributed by atoms with van der Waals surface area (Å²) in [5.74, 6) is 2.25. The van der Waals surface area contributed by atoms with E-state index >= 15 is 0 Å². The summed E-state index contributed by atoms with van der Waals surface area (Å²) in [6.07, 6.45) is 0. The van der Waals surface area contributed by atoms with Crippen LogP contribution in [-0.4, -0.2) is 59.6 Å². The predicted octanol–water partition coefficient (Wildman–Crippen LogP) is 3.87. The van der Waals surface area contributed by atoms with E-state index in [1.54, 1.807) is 0 Å². The van der Waals surface area contributed by atoms with Gasteiger partial charge in [0.05, 0.1) is 13.2 Å². The Morgan fingerprint density at radius 2 is 1.88 bits per heavy atom. The zero-order valence-electron chi connectivity index (χ0n) is 21.9. The minimum atomic E-state index is -0.281. The Morgan fingerprint density at radius 1 is 1.15 bits per heavy atom. The van der Waals surface area contributed by atoms with Gasteiger partial charge < -0.3 is 15.4 Å². The van der Waals surface area contributed by atoms with Crippen molar-refractivity contribution in [2.24, 2.45) is 17.6 Å². The van der Waals surface area contributed by atoms with Gasteiger partial charge in [-0.3, -0.25) is 9.69 Å². The molecule has 7 heteroatoms. The molecule has 1 atom stereocenters. The fourth-order valence-electron chi connectivity index (χ4n) is 4.57. The predicted molar refractivity (Wildman–Crippen MR) is 138 cm³/mol.